The number of nitrogens with zero attached hydrogens (tertiary/aromatic N) is 2. The molecule has 0 unspecified atom stereocenters. The van der Waals surface area contributed by atoms with E-state index in [0.717, 1.165) is 13.0 Å². The summed E-state index contributed by atoms with van der Waals surface area (Å²) in [6, 6.07) is 17.2. The normalized spacial score (nSPS) is 14.6. The van der Waals surface area contributed by atoms with Gasteiger partial charge in [0.15, 0.2) is 0 Å². The van der Waals surface area contributed by atoms with E-state index < -0.39 is 0 Å². The zero-order chi connectivity index (χ0) is 18.6. The monoisotopic (exact) mass is 362 g/mol. The Hall–Kier alpha value is -2.59. The average Bonchev–Trinajstić information content (AvgIpc) is 3.06. The van der Waals surface area contributed by atoms with Gasteiger partial charge in [0.25, 0.3) is 0 Å². The predicted octanol–water partition coefficient (Wildman–Crippen LogP) is 3.79. The topological polar surface area (TPSA) is 34.5 Å². The Morgan fingerprint density at radius 2 is 1.78 bits per heavy atom. The van der Waals surface area contributed by atoms with Gasteiger partial charge in [0.2, 0.25) is 5.91 Å². The van der Waals surface area contributed by atoms with Gasteiger partial charge in [-0.15, -0.1) is 0 Å². The fourth-order valence-electron chi connectivity index (χ4n) is 3.76. The van der Waals surface area contributed by atoms with E-state index in [9.17, 15) is 4.79 Å². The Morgan fingerprint density at radius 1 is 1.04 bits per heavy atom. The van der Waals surface area contributed by atoms with Crippen molar-refractivity contribution >= 4 is 16.8 Å². The molecule has 1 saturated heterocycles. The molecule has 1 fully saturated rings. The smallest absolute Gasteiger partial charge is 0.223 e. The maximum absolute atomic E-state index is 12.5. The van der Waals surface area contributed by atoms with Gasteiger partial charge in [-0.05, 0) is 30.5 Å². The summed E-state index contributed by atoms with van der Waals surface area (Å²) in [5, 5.41) is 1.25. The fraction of sp³-hybridized carbons (Fsp3) is 0.348. The molecule has 1 aliphatic rings. The lowest BCUT2D eigenvalue weighted by molar-refractivity contribution is -0.135. The second kappa shape index (κ2) is 7.97. The molecular formula is C23H26N2O2. The molecule has 4 nitrogen and oxygen atoms in total. The largest absolute Gasteiger partial charge is 0.378 e. The SMILES string of the molecule is Cc1ccc(Cn2cc(CCC(=O)N3CCOCC3)c3ccccc32)cc1. The van der Waals surface area contributed by atoms with E-state index in [1.165, 1.54) is 27.6 Å². The third-order valence-electron chi connectivity index (χ3n) is 5.32. The van der Waals surface area contributed by atoms with Crippen molar-refractivity contribution in [3.8, 4) is 0 Å². The molecule has 0 saturated carbocycles. The minimum absolute atomic E-state index is 0.230. The first-order chi connectivity index (χ1) is 13.2. The van der Waals surface area contributed by atoms with E-state index in [0.29, 0.717) is 32.7 Å². The van der Waals surface area contributed by atoms with Crippen LogP contribution in [0.3, 0.4) is 0 Å². The van der Waals surface area contributed by atoms with Crippen LogP contribution in [0.5, 0.6) is 0 Å². The molecule has 0 bridgehead atoms. The summed E-state index contributed by atoms with van der Waals surface area (Å²) in [5.74, 6) is 0.230. The number of hydrogen-bond acceptors (Lipinski definition) is 2. The fourth-order valence-corrected chi connectivity index (χ4v) is 3.76. The maximum Gasteiger partial charge on any atom is 0.223 e. The molecule has 0 N–H and O–H groups in total. The summed E-state index contributed by atoms with van der Waals surface area (Å²) >= 11 is 0. The third-order valence-corrected chi connectivity index (χ3v) is 5.32. The highest BCUT2D eigenvalue weighted by Gasteiger charge is 2.17. The summed E-state index contributed by atoms with van der Waals surface area (Å²) in [4.78, 5) is 14.4. The number of hydrogen-bond donors (Lipinski definition) is 0. The first kappa shape index (κ1) is 17.8. The third kappa shape index (κ3) is 4.06. The van der Waals surface area contributed by atoms with Gasteiger partial charge in [-0.25, -0.2) is 0 Å². The average molecular weight is 362 g/mol. The summed E-state index contributed by atoms with van der Waals surface area (Å²) in [7, 11) is 0. The number of fused-ring (bicyclic) bond motifs is 1. The molecule has 27 heavy (non-hydrogen) atoms. The first-order valence-electron chi connectivity index (χ1n) is 9.68. The Kier molecular flexibility index (Phi) is 5.26. The van der Waals surface area contributed by atoms with Crippen molar-refractivity contribution in [2.24, 2.45) is 0 Å². The quantitative estimate of drug-likeness (QED) is 0.692. The molecule has 0 aliphatic carbocycles. The number of carbonyl (C=O) groups is 1. The van der Waals surface area contributed by atoms with E-state index in [4.69, 9.17) is 4.74 Å². The lowest BCUT2D eigenvalue weighted by Gasteiger charge is -2.26. The second-order valence-corrected chi connectivity index (χ2v) is 7.28. The highest BCUT2D eigenvalue weighted by Crippen LogP contribution is 2.24. The summed E-state index contributed by atoms with van der Waals surface area (Å²) in [6.07, 6.45) is 3.55. The Morgan fingerprint density at radius 3 is 2.56 bits per heavy atom. The van der Waals surface area contributed by atoms with Gasteiger partial charge >= 0.3 is 0 Å². The molecule has 0 atom stereocenters. The van der Waals surface area contributed by atoms with Crippen LogP contribution in [0.4, 0.5) is 0 Å². The molecule has 1 amide bonds. The second-order valence-electron chi connectivity index (χ2n) is 7.28. The number of ether oxygens (including phenoxy) is 1. The summed E-state index contributed by atoms with van der Waals surface area (Å²) in [5.41, 5.74) is 5.04. The van der Waals surface area contributed by atoms with Gasteiger partial charge in [0, 0.05) is 43.2 Å². The Balaban J connectivity index is 1.52. The zero-order valence-electron chi connectivity index (χ0n) is 15.9. The number of aromatic nitrogens is 1. The van der Waals surface area contributed by atoms with Gasteiger partial charge in [0.05, 0.1) is 13.2 Å². The molecule has 2 heterocycles. The van der Waals surface area contributed by atoms with Crippen LogP contribution >= 0.6 is 0 Å². The number of carbonyl (C=O) groups excluding carboxylic acids is 1. The van der Waals surface area contributed by atoms with E-state index in [1.54, 1.807) is 0 Å². The van der Waals surface area contributed by atoms with Crippen molar-refractivity contribution in [3.63, 3.8) is 0 Å². The molecule has 0 radical (unpaired) electrons. The molecule has 0 spiro atoms. The van der Waals surface area contributed by atoms with Crippen molar-refractivity contribution in [3.05, 3.63) is 71.4 Å². The Bertz CT molecular complexity index is 921. The first-order valence-corrected chi connectivity index (χ1v) is 9.68. The van der Waals surface area contributed by atoms with Gasteiger partial charge in [-0.1, -0.05) is 48.0 Å². The van der Waals surface area contributed by atoms with Crippen LogP contribution in [0.2, 0.25) is 0 Å². The van der Waals surface area contributed by atoms with Crippen molar-refractivity contribution < 1.29 is 9.53 Å². The van der Waals surface area contributed by atoms with Crippen molar-refractivity contribution in [2.75, 3.05) is 26.3 Å². The van der Waals surface area contributed by atoms with Gasteiger partial charge in [-0.3, -0.25) is 4.79 Å². The van der Waals surface area contributed by atoms with Gasteiger partial charge < -0.3 is 14.2 Å². The number of para-hydroxylation sites is 1. The molecule has 4 rings (SSSR count). The molecule has 4 heteroatoms. The summed E-state index contributed by atoms with van der Waals surface area (Å²) in [6.45, 7) is 5.70. The van der Waals surface area contributed by atoms with Crippen LogP contribution < -0.4 is 0 Å². The highest BCUT2D eigenvalue weighted by atomic mass is 16.5. The Labute approximate surface area is 160 Å². The van der Waals surface area contributed by atoms with E-state index >= 15 is 0 Å². The predicted molar refractivity (Wildman–Crippen MR) is 108 cm³/mol. The van der Waals surface area contributed by atoms with E-state index in [2.05, 4.69) is 66.2 Å². The van der Waals surface area contributed by atoms with Crippen LogP contribution in [0, 0.1) is 6.92 Å². The number of rotatable bonds is 5. The number of morpholine rings is 1. The van der Waals surface area contributed by atoms with Crippen LogP contribution in [0.25, 0.3) is 10.9 Å². The van der Waals surface area contributed by atoms with Crippen LogP contribution in [-0.2, 0) is 22.5 Å². The molecule has 1 aromatic heterocycles. The van der Waals surface area contributed by atoms with Crippen molar-refractivity contribution in [2.45, 2.75) is 26.3 Å². The van der Waals surface area contributed by atoms with Crippen molar-refractivity contribution in [1.29, 1.82) is 0 Å². The molecule has 140 valence electrons. The minimum Gasteiger partial charge on any atom is -0.378 e. The number of amides is 1. The maximum atomic E-state index is 12.5. The zero-order valence-corrected chi connectivity index (χ0v) is 15.9. The molecule has 3 aromatic rings. The standard InChI is InChI=1S/C23H26N2O2/c1-18-6-8-19(9-7-18)16-25-17-20(21-4-2-3-5-22(21)25)10-11-23(26)24-12-14-27-15-13-24/h2-9,17H,10-16H2,1H3. The minimum atomic E-state index is 0.230. The number of aryl methyl sites for hydroxylation is 2. The van der Waals surface area contributed by atoms with Crippen LogP contribution in [-0.4, -0.2) is 41.7 Å². The van der Waals surface area contributed by atoms with Gasteiger partial charge in [0.1, 0.15) is 0 Å². The van der Waals surface area contributed by atoms with Gasteiger partial charge in [-0.2, -0.15) is 0 Å². The van der Waals surface area contributed by atoms with Crippen LogP contribution in [0.15, 0.2) is 54.7 Å². The summed E-state index contributed by atoms with van der Waals surface area (Å²) < 4.78 is 7.64. The lowest BCUT2D eigenvalue weighted by atomic mass is 10.1. The van der Waals surface area contributed by atoms with E-state index in [1.807, 2.05) is 4.90 Å². The molecule has 1 aliphatic heterocycles. The number of benzene rings is 2. The highest BCUT2D eigenvalue weighted by molar-refractivity contribution is 5.85. The molecular weight excluding hydrogens is 336 g/mol. The van der Waals surface area contributed by atoms with E-state index in [-0.39, 0.29) is 5.91 Å². The lowest BCUT2D eigenvalue weighted by Crippen LogP contribution is -2.40. The van der Waals surface area contributed by atoms with Crippen molar-refractivity contribution in [1.82, 2.24) is 9.47 Å². The van der Waals surface area contributed by atoms with Crippen LogP contribution in [0.1, 0.15) is 23.1 Å². The molecule has 2 aromatic carbocycles.